The Labute approximate surface area is 207 Å². The Hall–Kier alpha value is -4.03. The number of nitrogens with one attached hydrogen (secondary N) is 1. The van der Waals surface area contributed by atoms with Crippen LogP contribution < -0.4 is 15.8 Å². The largest absolute Gasteiger partial charge is 0.439 e. The minimum Gasteiger partial charge on any atom is -0.439 e. The summed E-state index contributed by atoms with van der Waals surface area (Å²) in [4.78, 5) is 23.7. The van der Waals surface area contributed by atoms with Crippen molar-refractivity contribution in [3.8, 4) is 23.1 Å². The number of hydrogen-bond donors (Lipinski definition) is 2. The molecule has 12 heteroatoms. The molecular weight excluding hydrogens is 464 g/mol. The number of benzene rings is 1. The maximum atomic E-state index is 12.4. The first kappa shape index (κ1) is 23.7. The first-order chi connectivity index (χ1) is 17.6. The number of morpholine rings is 1. The standard InChI is InChI=1S/C24H28N8O4/c1-2-32-19-14-21(26-15-18(19)28-24(32)22-23(25)30-36-29-22)35-17-6-3-5-16(13-17)27-20(33)7-4-8-31-9-11-34-12-10-31/h3,5-6,13-15H,2,4,7-12H2,1H3,(H2,25,30)(H,27,33). The number of aromatic nitrogens is 5. The van der Waals surface area contributed by atoms with Gasteiger partial charge in [-0.1, -0.05) is 6.07 Å². The van der Waals surface area contributed by atoms with Crippen molar-refractivity contribution in [1.29, 1.82) is 0 Å². The molecule has 3 N–H and O–H groups in total. The molecule has 188 valence electrons. The van der Waals surface area contributed by atoms with Gasteiger partial charge in [0.2, 0.25) is 11.8 Å². The minimum atomic E-state index is -0.0269. The summed E-state index contributed by atoms with van der Waals surface area (Å²) in [6, 6.07) is 9.04. The van der Waals surface area contributed by atoms with Crippen molar-refractivity contribution < 1.29 is 18.9 Å². The van der Waals surface area contributed by atoms with Crippen molar-refractivity contribution in [3.05, 3.63) is 36.5 Å². The van der Waals surface area contributed by atoms with Gasteiger partial charge < -0.3 is 25.1 Å². The zero-order chi connectivity index (χ0) is 24.9. The van der Waals surface area contributed by atoms with Gasteiger partial charge in [-0.15, -0.1) is 0 Å². The second-order valence-corrected chi connectivity index (χ2v) is 8.42. The predicted octanol–water partition coefficient (Wildman–Crippen LogP) is 2.93. The number of aryl methyl sites for hydroxylation is 1. The quantitative estimate of drug-likeness (QED) is 0.357. The lowest BCUT2D eigenvalue weighted by Crippen LogP contribution is -2.37. The van der Waals surface area contributed by atoms with E-state index in [4.69, 9.17) is 19.8 Å². The van der Waals surface area contributed by atoms with E-state index in [1.54, 1.807) is 18.3 Å². The van der Waals surface area contributed by atoms with Crippen molar-refractivity contribution in [3.63, 3.8) is 0 Å². The van der Waals surface area contributed by atoms with Crippen LogP contribution >= 0.6 is 0 Å². The van der Waals surface area contributed by atoms with Crippen LogP contribution in [-0.2, 0) is 16.1 Å². The summed E-state index contributed by atoms with van der Waals surface area (Å²) >= 11 is 0. The predicted molar refractivity (Wildman–Crippen MR) is 133 cm³/mol. The number of rotatable bonds is 9. The first-order valence-electron chi connectivity index (χ1n) is 11.9. The number of pyridine rings is 1. The van der Waals surface area contributed by atoms with Crippen LogP contribution in [0.4, 0.5) is 11.5 Å². The highest BCUT2D eigenvalue weighted by atomic mass is 16.6. The SMILES string of the molecule is CCn1c(-c2nonc2N)nc2cnc(Oc3cccc(NC(=O)CCCN4CCOCC4)c3)cc21. The fourth-order valence-electron chi connectivity index (χ4n) is 4.19. The monoisotopic (exact) mass is 492 g/mol. The van der Waals surface area contributed by atoms with Crippen molar-refractivity contribution in [2.24, 2.45) is 0 Å². The van der Waals surface area contributed by atoms with Crippen LogP contribution in [0.3, 0.4) is 0 Å². The third-order valence-corrected chi connectivity index (χ3v) is 5.97. The van der Waals surface area contributed by atoms with Crippen LogP contribution in [0.2, 0.25) is 0 Å². The Bertz CT molecular complexity index is 1350. The average molecular weight is 493 g/mol. The number of hydrogen-bond acceptors (Lipinski definition) is 10. The fourth-order valence-corrected chi connectivity index (χ4v) is 4.19. The van der Waals surface area contributed by atoms with Crippen LogP contribution in [0, 0.1) is 0 Å². The van der Waals surface area contributed by atoms with Crippen LogP contribution in [0.5, 0.6) is 11.6 Å². The molecule has 5 rings (SSSR count). The van der Waals surface area contributed by atoms with Crippen molar-refractivity contribution in [2.75, 3.05) is 43.9 Å². The zero-order valence-corrected chi connectivity index (χ0v) is 20.0. The molecule has 36 heavy (non-hydrogen) atoms. The number of carbonyl (C=O) groups excluding carboxylic acids is 1. The topological polar surface area (TPSA) is 146 Å². The molecule has 12 nitrogen and oxygen atoms in total. The Morgan fingerprint density at radius 2 is 2.08 bits per heavy atom. The van der Waals surface area contributed by atoms with E-state index in [0.29, 0.717) is 47.3 Å². The number of imidazole rings is 1. The second-order valence-electron chi connectivity index (χ2n) is 8.42. The highest BCUT2D eigenvalue weighted by Crippen LogP contribution is 2.30. The van der Waals surface area contributed by atoms with Crippen LogP contribution in [-0.4, -0.2) is 68.5 Å². The van der Waals surface area contributed by atoms with E-state index < -0.39 is 0 Å². The van der Waals surface area contributed by atoms with Gasteiger partial charge in [0.25, 0.3) is 0 Å². The zero-order valence-electron chi connectivity index (χ0n) is 20.0. The molecule has 0 bridgehead atoms. The fraction of sp³-hybridized carbons (Fsp3) is 0.375. The molecule has 4 aromatic rings. The second kappa shape index (κ2) is 10.7. The molecule has 1 aliphatic rings. The average Bonchev–Trinajstić information content (AvgIpc) is 3.47. The summed E-state index contributed by atoms with van der Waals surface area (Å²) in [6.07, 6.45) is 2.88. The number of nitrogen functional groups attached to an aromatic ring is 1. The summed E-state index contributed by atoms with van der Waals surface area (Å²) in [6.45, 7) is 6.87. The molecule has 3 aromatic heterocycles. The number of nitrogens with zero attached hydrogens (tertiary/aromatic N) is 6. The summed E-state index contributed by atoms with van der Waals surface area (Å²) < 4.78 is 18.0. The molecule has 0 radical (unpaired) electrons. The third-order valence-electron chi connectivity index (χ3n) is 5.97. The summed E-state index contributed by atoms with van der Waals surface area (Å²) in [5, 5.41) is 10.5. The Kier molecular flexibility index (Phi) is 7.05. The molecule has 1 saturated heterocycles. The van der Waals surface area contributed by atoms with Gasteiger partial charge in [-0.2, -0.15) is 0 Å². The van der Waals surface area contributed by atoms with E-state index in [2.05, 4.69) is 30.5 Å². The smallest absolute Gasteiger partial charge is 0.224 e. The first-order valence-corrected chi connectivity index (χ1v) is 11.9. The van der Waals surface area contributed by atoms with E-state index >= 15 is 0 Å². The number of nitrogens with two attached hydrogens (primary N) is 1. The molecule has 4 heterocycles. The van der Waals surface area contributed by atoms with Gasteiger partial charge >= 0.3 is 0 Å². The minimum absolute atomic E-state index is 0.0269. The molecule has 0 spiro atoms. The highest BCUT2D eigenvalue weighted by Gasteiger charge is 2.19. The van der Waals surface area contributed by atoms with Gasteiger partial charge in [0, 0.05) is 43.9 Å². The number of carbonyl (C=O) groups is 1. The van der Waals surface area contributed by atoms with Crippen LogP contribution in [0.1, 0.15) is 19.8 Å². The lowest BCUT2D eigenvalue weighted by atomic mass is 10.2. The number of fused-ring (bicyclic) bond motifs is 1. The van der Waals surface area contributed by atoms with Crippen LogP contribution in [0.15, 0.2) is 41.2 Å². The number of ether oxygens (including phenoxy) is 2. The van der Waals surface area contributed by atoms with Crippen molar-refractivity contribution in [2.45, 2.75) is 26.3 Å². The molecule has 1 amide bonds. The molecular formula is C24H28N8O4. The molecule has 0 atom stereocenters. The van der Waals surface area contributed by atoms with Gasteiger partial charge in [-0.05, 0) is 42.3 Å². The molecule has 0 aliphatic carbocycles. The third kappa shape index (κ3) is 5.29. The normalized spacial score (nSPS) is 14.2. The van der Waals surface area contributed by atoms with Crippen LogP contribution in [0.25, 0.3) is 22.6 Å². The Balaban J connectivity index is 1.24. The van der Waals surface area contributed by atoms with E-state index in [1.165, 1.54) is 0 Å². The van der Waals surface area contributed by atoms with Gasteiger partial charge in [-0.3, -0.25) is 9.69 Å². The molecule has 0 unspecified atom stereocenters. The summed E-state index contributed by atoms with van der Waals surface area (Å²) in [5.74, 6) is 1.64. The van der Waals surface area contributed by atoms with E-state index in [0.717, 1.165) is 44.8 Å². The van der Waals surface area contributed by atoms with Gasteiger partial charge in [0.05, 0.1) is 24.9 Å². The Morgan fingerprint density at radius 1 is 1.22 bits per heavy atom. The van der Waals surface area contributed by atoms with Gasteiger partial charge in [0.15, 0.2) is 17.3 Å². The maximum absolute atomic E-state index is 12.4. The van der Waals surface area contributed by atoms with E-state index in [9.17, 15) is 4.79 Å². The Morgan fingerprint density at radius 3 is 2.86 bits per heavy atom. The van der Waals surface area contributed by atoms with Crippen molar-refractivity contribution in [1.82, 2.24) is 29.7 Å². The molecule has 1 aliphatic heterocycles. The van der Waals surface area contributed by atoms with Gasteiger partial charge in [-0.25, -0.2) is 14.6 Å². The lowest BCUT2D eigenvalue weighted by molar-refractivity contribution is -0.116. The molecule has 1 aromatic carbocycles. The highest BCUT2D eigenvalue weighted by molar-refractivity contribution is 5.90. The lowest BCUT2D eigenvalue weighted by Gasteiger charge is -2.26. The summed E-state index contributed by atoms with van der Waals surface area (Å²) in [7, 11) is 0. The number of anilines is 2. The number of amides is 1. The van der Waals surface area contributed by atoms with Gasteiger partial charge in [0.1, 0.15) is 11.3 Å². The van der Waals surface area contributed by atoms with Crippen molar-refractivity contribution >= 4 is 28.4 Å². The molecule has 0 saturated carbocycles. The summed E-state index contributed by atoms with van der Waals surface area (Å²) in [5.41, 5.74) is 8.38. The van der Waals surface area contributed by atoms with E-state index in [1.807, 2.05) is 29.7 Å². The van der Waals surface area contributed by atoms with E-state index in [-0.39, 0.29) is 11.7 Å². The maximum Gasteiger partial charge on any atom is 0.224 e. The molecule has 1 fully saturated rings.